The second-order valence-electron chi connectivity index (χ2n) is 5.06. The van der Waals surface area contributed by atoms with Crippen LogP contribution < -0.4 is 5.32 Å². The molecule has 1 saturated heterocycles. The van der Waals surface area contributed by atoms with Crippen LogP contribution in [0.2, 0.25) is 0 Å². The van der Waals surface area contributed by atoms with Crippen molar-refractivity contribution in [1.29, 1.82) is 0 Å². The first-order valence-electron chi connectivity index (χ1n) is 6.55. The highest BCUT2D eigenvalue weighted by atomic mass is 32.2. The van der Waals surface area contributed by atoms with Gasteiger partial charge >= 0.3 is 0 Å². The molecule has 1 aromatic rings. The molecule has 2 unspecified atom stereocenters. The van der Waals surface area contributed by atoms with Crippen LogP contribution in [-0.2, 0) is 9.59 Å². The van der Waals surface area contributed by atoms with E-state index in [9.17, 15) is 14.0 Å². The minimum Gasteiger partial charge on any atom is -0.298 e. The van der Waals surface area contributed by atoms with Crippen molar-refractivity contribution in [3.8, 4) is 0 Å². The normalized spacial score (nSPS) is 26.0. The van der Waals surface area contributed by atoms with Gasteiger partial charge in [0.05, 0.1) is 12.5 Å². The van der Waals surface area contributed by atoms with Gasteiger partial charge < -0.3 is 0 Å². The van der Waals surface area contributed by atoms with E-state index in [-0.39, 0.29) is 30.1 Å². The Hall–Kier alpha value is -1.40. The molecule has 0 saturated carbocycles. The minimum atomic E-state index is -0.489. The van der Waals surface area contributed by atoms with Crippen molar-refractivity contribution in [1.82, 2.24) is 10.2 Å². The van der Waals surface area contributed by atoms with E-state index in [1.165, 1.54) is 24.9 Å². The van der Waals surface area contributed by atoms with Gasteiger partial charge in [0.2, 0.25) is 11.8 Å². The van der Waals surface area contributed by atoms with Crippen molar-refractivity contribution in [2.24, 2.45) is 0 Å². The minimum absolute atomic E-state index is 0.0739. The molecule has 0 aromatic heterocycles. The van der Waals surface area contributed by atoms with Gasteiger partial charge in [0.1, 0.15) is 5.82 Å². The van der Waals surface area contributed by atoms with Crippen LogP contribution in [0.25, 0.3) is 0 Å². The second kappa shape index (κ2) is 5.18. The molecule has 0 aliphatic carbocycles. The van der Waals surface area contributed by atoms with Gasteiger partial charge in [0.25, 0.3) is 0 Å². The van der Waals surface area contributed by atoms with Crippen LogP contribution >= 0.6 is 11.8 Å². The molecule has 106 valence electrons. The van der Waals surface area contributed by atoms with Gasteiger partial charge in [-0.2, -0.15) is 0 Å². The maximum atomic E-state index is 13.8. The molecule has 1 fully saturated rings. The van der Waals surface area contributed by atoms with Crippen molar-refractivity contribution in [2.75, 3.05) is 12.8 Å². The predicted molar refractivity (Wildman–Crippen MR) is 73.8 cm³/mol. The maximum Gasteiger partial charge on any atom is 0.246 e. The van der Waals surface area contributed by atoms with Gasteiger partial charge in [-0.1, -0.05) is 12.1 Å². The summed E-state index contributed by atoms with van der Waals surface area (Å²) in [5.41, 5.74) is 0.885. The van der Waals surface area contributed by atoms with E-state index in [0.717, 1.165) is 22.6 Å². The molecule has 1 N–H and O–H groups in total. The van der Waals surface area contributed by atoms with Crippen molar-refractivity contribution < 1.29 is 14.0 Å². The molecule has 0 spiro atoms. The molecule has 4 nitrogen and oxygen atoms in total. The molecule has 3 rings (SSSR count). The number of benzene rings is 1. The van der Waals surface area contributed by atoms with Crippen LogP contribution in [0.3, 0.4) is 0 Å². The van der Waals surface area contributed by atoms with Gasteiger partial charge in [0.15, 0.2) is 0 Å². The van der Waals surface area contributed by atoms with Gasteiger partial charge in [-0.15, -0.1) is 11.8 Å². The summed E-state index contributed by atoms with van der Waals surface area (Å²) in [6.07, 6.45) is 1.01. The van der Waals surface area contributed by atoms with Crippen molar-refractivity contribution in [2.45, 2.75) is 29.8 Å². The summed E-state index contributed by atoms with van der Waals surface area (Å²) >= 11 is 1.50. The Morgan fingerprint density at radius 2 is 2.15 bits per heavy atom. The zero-order valence-electron chi connectivity index (χ0n) is 11.1. The fraction of sp³-hybridized carbons (Fsp3) is 0.429. The largest absolute Gasteiger partial charge is 0.298 e. The molecule has 2 aliphatic rings. The number of hydrogen-bond donors (Lipinski definition) is 1. The summed E-state index contributed by atoms with van der Waals surface area (Å²) in [6, 6.07) is 4.45. The van der Waals surface area contributed by atoms with Gasteiger partial charge in [-0.05, 0) is 23.8 Å². The lowest BCUT2D eigenvalue weighted by Gasteiger charge is -2.28. The van der Waals surface area contributed by atoms with E-state index in [4.69, 9.17) is 0 Å². The van der Waals surface area contributed by atoms with E-state index in [1.807, 2.05) is 6.07 Å². The zero-order chi connectivity index (χ0) is 14.3. The summed E-state index contributed by atoms with van der Waals surface area (Å²) < 4.78 is 13.8. The molecule has 6 heteroatoms. The van der Waals surface area contributed by atoms with Crippen LogP contribution in [0.5, 0.6) is 0 Å². The Kier molecular flexibility index (Phi) is 3.52. The van der Waals surface area contributed by atoms with Crippen molar-refractivity contribution >= 4 is 23.6 Å². The standard InChI is InChI=1S/C14H15FN2O2S/c1-17-12(18)7-11(14(17)19)16-10-5-6-20-13-8(10)3-2-4-9(13)15/h2-4,10-11,16H,5-7H2,1H3. The number of likely N-dealkylation sites (N-methyl/N-ethyl adjacent to an activating group) is 1. The van der Waals surface area contributed by atoms with Gasteiger partial charge in [-0.25, -0.2) is 4.39 Å². The molecule has 2 atom stereocenters. The van der Waals surface area contributed by atoms with E-state index in [2.05, 4.69) is 5.32 Å². The first-order valence-corrected chi connectivity index (χ1v) is 7.54. The molecule has 2 heterocycles. The number of nitrogens with zero attached hydrogens (tertiary/aromatic N) is 1. The highest BCUT2D eigenvalue weighted by Gasteiger charge is 2.38. The summed E-state index contributed by atoms with van der Waals surface area (Å²) in [5, 5.41) is 3.22. The molecule has 2 amide bonds. The lowest BCUT2D eigenvalue weighted by Crippen LogP contribution is -2.40. The van der Waals surface area contributed by atoms with E-state index >= 15 is 0 Å². The lowest BCUT2D eigenvalue weighted by atomic mass is 10.0. The Bertz CT molecular complexity index is 578. The summed E-state index contributed by atoms with van der Waals surface area (Å²) in [6.45, 7) is 0. The molecule has 0 radical (unpaired) electrons. The second-order valence-corrected chi connectivity index (χ2v) is 6.17. The number of carbonyl (C=O) groups is 2. The molecule has 0 bridgehead atoms. The quantitative estimate of drug-likeness (QED) is 0.844. The molecule has 1 aromatic carbocycles. The van der Waals surface area contributed by atoms with Crippen LogP contribution in [0, 0.1) is 5.82 Å². The van der Waals surface area contributed by atoms with Gasteiger partial charge in [0, 0.05) is 18.0 Å². The lowest BCUT2D eigenvalue weighted by molar-refractivity contribution is -0.137. The van der Waals surface area contributed by atoms with E-state index < -0.39 is 6.04 Å². The number of fused-ring (bicyclic) bond motifs is 1. The first-order chi connectivity index (χ1) is 9.58. The number of halogens is 1. The monoisotopic (exact) mass is 294 g/mol. The topological polar surface area (TPSA) is 49.4 Å². The van der Waals surface area contributed by atoms with Crippen LogP contribution in [0.1, 0.15) is 24.4 Å². The van der Waals surface area contributed by atoms with E-state index in [0.29, 0.717) is 4.90 Å². The first kappa shape index (κ1) is 13.6. The number of thioether (sulfide) groups is 1. The zero-order valence-corrected chi connectivity index (χ0v) is 11.9. The summed E-state index contributed by atoms with van der Waals surface area (Å²) in [5.74, 6) is 0.212. The summed E-state index contributed by atoms with van der Waals surface area (Å²) in [4.78, 5) is 25.3. The summed E-state index contributed by atoms with van der Waals surface area (Å²) in [7, 11) is 1.50. The highest BCUT2D eigenvalue weighted by molar-refractivity contribution is 7.99. The smallest absolute Gasteiger partial charge is 0.246 e. The third-order valence-corrected chi connectivity index (χ3v) is 4.97. The van der Waals surface area contributed by atoms with Crippen LogP contribution in [0.15, 0.2) is 23.1 Å². The molecular weight excluding hydrogens is 279 g/mol. The average Bonchev–Trinajstić information content (AvgIpc) is 2.68. The predicted octanol–water partition coefficient (Wildman–Crippen LogP) is 1.71. The number of hydrogen-bond acceptors (Lipinski definition) is 4. The maximum absolute atomic E-state index is 13.8. The fourth-order valence-corrected chi connectivity index (χ4v) is 3.83. The Balaban J connectivity index is 1.82. The Labute approximate surface area is 120 Å². The number of carbonyl (C=O) groups excluding carboxylic acids is 2. The number of nitrogens with one attached hydrogen (secondary N) is 1. The van der Waals surface area contributed by atoms with Crippen molar-refractivity contribution in [3.05, 3.63) is 29.6 Å². The number of rotatable bonds is 2. The molecule has 20 heavy (non-hydrogen) atoms. The third kappa shape index (κ3) is 2.23. The number of imide groups is 1. The Morgan fingerprint density at radius 1 is 1.35 bits per heavy atom. The number of amides is 2. The highest BCUT2D eigenvalue weighted by Crippen LogP contribution is 2.38. The van der Waals surface area contributed by atoms with Gasteiger partial charge in [-0.3, -0.25) is 19.8 Å². The Morgan fingerprint density at radius 3 is 2.85 bits per heavy atom. The molecular formula is C14H15FN2O2S. The van der Waals surface area contributed by atoms with E-state index in [1.54, 1.807) is 6.07 Å². The average molecular weight is 294 g/mol. The van der Waals surface area contributed by atoms with Crippen molar-refractivity contribution in [3.63, 3.8) is 0 Å². The SMILES string of the molecule is CN1C(=O)CC(NC2CCSc3c(F)cccc32)C1=O. The van der Waals surface area contributed by atoms with Crippen LogP contribution in [0.4, 0.5) is 4.39 Å². The third-order valence-electron chi connectivity index (χ3n) is 3.81. The fourth-order valence-electron chi connectivity index (χ4n) is 2.69. The van der Waals surface area contributed by atoms with Crippen LogP contribution in [-0.4, -0.2) is 35.6 Å². The number of likely N-dealkylation sites (tertiary alicyclic amines) is 1. The molecule has 2 aliphatic heterocycles.